The summed E-state index contributed by atoms with van der Waals surface area (Å²) in [5, 5.41) is 0. The van der Waals surface area contributed by atoms with Gasteiger partial charge in [-0.25, -0.2) is 4.79 Å². The van der Waals surface area contributed by atoms with Gasteiger partial charge in [0.05, 0.1) is 22.0 Å². The van der Waals surface area contributed by atoms with E-state index in [2.05, 4.69) is 16.8 Å². The van der Waals surface area contributed by atoms with Crippen LogP contribution in [-0.2, 0) is 38.0 Å². The molecule has 3 aromatic rings. The van der Waals surface area contributed by atoms with Crippen LogP contribution in [0.1, 0.15) is 55.1 Å². The van der Waals surface area contributed by atoms with Crippen molar-refractivity contribution in [3.05, 3.63) is 63.3 Å². The van der Waals surface area contributed by atoms with E-state index in [0.717, 1.165) is 35.4 Å². The quantitative estimate of drug-likeness (QED) is 0.526. The highest BCUT2D eigenvalue weighted by Gasteiger charge is 2.47. The maximum absolute atomic E-state index is 13.8. The lowest BCUT2D eigenvalue weighted by Gasteiger charge is -2.37. The Morgan fingerprint density at radius 3 is 2.57 bits per heavy atom. The Morgan fingerprint density at radius 2 is 1.86 bits per heavy atom. The van der Waals surface area contributed by atoms with Gasteiger partial charge in [-0.1, -0.05) is 13.0 Å². The molecule has 198 valence electrons. The summed E-state index contributed by atoms with van der Waals surface area (Å²) in [5.74, 6) is 0.00803. The van der Waals surface area contributed by atoms with Crippen molar-refractivity contribution in [2.75, 3.05) is 19.6 Å². The Kier molecular flexibility index (Phi) is 6.21. The summed E-state index contributed by atoms with van der Waals surface area (Å²) in [6, 6.07) is 7.22. The fourth-order valence-electron chi connectivity index (χ4n) is 5.93. The maximum atomic E-state index is 13.8. The van der Waals surface area contributed by atoms with Gasteiger partial charge in [0.25, 0.3) is 0 Å². The van der Waals surface area contributed by atoms with Crippen molar-refractivity contribution in [2.45, 2.75) is 51.9 Å². The van der Waals surface area contributed by atoms with Crippen LogP contribution in [0.25, 0.3) is 11.0 Å². The summed E-state index contributed by atoms with van der Waals surface area (Å²) < 4.78 is 42.9. The minimum Gasteiger partial charge on any atom is -0.337 e. The van der Waals surface area contributed by atoms with Crippen molar-refractivity contribution < 1.29 is 18.0 Å². The van der Waals surface area contributed by atoms with Crippen LogP contribution in [0.4, 0.5) is 13.2 Å². The summed E-state index contributed by atoms with van der Waals surface area (Å²) in [4.78, 5) is 34.2. The third-order valence-corrected chi connectivity index (χ3v) is 8.49. The van der Waals surface area contributed by atoms with E-state index in [0.29, 0.717) is 43.6 Å². The van der Waals surface area contributed by atoms with Crippen LogP contribution in [0.15, 0.2) is 35.3 Å². The smallest absolute Gasteiger partial charge is 0.337 e. The van der Waals surface area contributed by atoms with Gasteiger partial charge in [-0.2, -0.15) is 13.2 Å². The molecule has 1 amide bonds. The van der Waals surface area contributed by atoms with Crippen molar-refractivity contribution >= 4 is 16.9 Å². The van der Waals surface area contributed by atoms with Crippen molar-refractivity contribution in [3.8, 4) is 0 Å². The predicted octanol–water partition coefficient (Wildman–Crippen LogP) is 4.04. The van der Waals surface area contributed by atoms with E-state index in [4.69, 9.17) is 0 Å². The monoisotopic (exact) mass is 515 g/mol. The Balaban J connectivity index is 1.35. The van der Waals surface area contributed by atoms with E-state index in [-0.39, 0.29) is 24.2 Å². The van der Waals surface area contributed by atoms with Gasteiger partial charge >= 0.3 is 11.9 Å². The number of halogens is 3. The summed E-state index contributed by atoms with van der Waals surface area (Å²) in [6.45, 7) is 6.07. The van der Waals surface area contributed by atoms with Crippen LogP contribution in [0.2, 0.25) is 0 Å². The molecule has 2 aromatic heterocycles. The topological polar surface area (TPSA) is 63.4 Å². The average Bonchev–Trinajstić information content (AvgIpc) is 3.43. The summed E-state index contributed by atoms with van der Waals surface area (Å²) >= 11 is 0. The molecule has 1 fully saturated rings. The minimum absolute atomic E-state index is 0.00803. The number of aryl methyl sites for hydroxylation is 2. The predicted molar refractivity (Wildman–Crippen MR) is 134 cm³/mol. The number of carbonyl (C=O) groups is 1. The van der Waals surface area contributed by atoms with Gasteiger partial charge in [0.2, 0.25) is 5.91 Å². The molecule has 5 rings (SSSR count). The molecule has 0 N–H and O–H groups in total. The number of hydrogen-bond donors (Lipinski definition) is 0. The number of likely N-dealkylation sites (tertiary alicyclic amines) is 1. The number of benzene rings is 1. The normalized spacial score (nSPS) is 21.4. The van der Waals surface area contributed by atoms with Gasteiger partial charge < -0.3 is 4.90 Å². The molecule has 2 aliphatic rings. The van der Waals surface area contributed by atoms with Crippen LogP contribution in [0, 0.1) is 5.41 Å². The molecule has 37 heavy (non-hydrogen) atoms. The first-order valence-electron chi connectivity index (χ1n) is 12.7. The van der Waals surface area contributed by atoms with Crippen molar-refractivity contribution in [3.63, 3.8) is 0 Å². The molecule has 2 atom stereocenters. The highest BCUT2D eigenvalue weighted by Crippen LogP contribution is 2.41. The second kappa shape index (κ2) is 9.01. The molecule has 10 heteroatoms. The Morgan fingerprint density at radius 1 is 1.14 bits per heavy atom. The minimum atomic E-state index is -4.46. The molecular formula is C27H32F3N5O2. The number of carbonyl (C=O) groups excluding carboxylic acids is 1. The molecule has 1 saturated heterocycles. The highest BCUT2D eigenvalue weighted by molar-refractivity contribution is 5.83. The van der Waals surface area contributed by atoms with E-state index < -0.39 is 17.2 Å². The Bertz CT molecular complexity index is 1430. The SMILES string of the molecule is CCC1(C(=O)N2CCc3ncc(C(F)(F)F)cc3C2)CCN(C(C)c2ccc3c(c2)n(C)c(=O)n3C)C1. The number of alkyl halides is 3. The molecule has 0 bridgehead atoms. The molecule has 1 aromatic carbocycles. The van der Waals surface area contributed by atoms with Crippen molar-refractivity contribution in [2.24, 2.45) is 19.5 Å². The number of aromatic nitrogens is 3. The molecule has 2 unspecified atom stereocenters. The second-order valence-corrected chi connectivity index (χ2v) is 10.5. The lowest BCUT2D eigenvalue weighted by Crippen LogP contribution is -2.47. The Hall–Kier alpha value is -3.14. The lowest BCUT2D eigenvalue weighted by atomic mass is 9.82. The summed E-state index contributed by atoms with van der Waals surface area (Å²) in [6.07, 6.45) is -1.77. The van der Waals surface area contributed by atoms with Crippen LogP contribution in [0.3, 0.4) is 0 Å². The second-order valence-electron chi connectivity index (χ2n) is 10.5. The molecule has 0 spiro atoms. The molecule has 0 radical (unpaired) electrons. The number of pyridine rings is 1. The average molecular weight is 516 g/mol. The van der Waals surface area contributed by atoms with E-state index in [1.807, 2.05) is 25.1 Å². The molecule has 0 saturated carbocycles. The summed E-state index contributed by atoms with van der Waals surface area (Å²) in [7, 11) is 3.52. The zero-order chi connectivity index (χ0) is 26.7. The maximum Gasteiger partial charge on any atom is 0.417 e. The van der Waals surface area contributed by atoms with Gasteiger partial charge in [0.1, 0.15) is 0 Å². The van der Waals surface area contributed by atoms with Gasteiger partial charge in [-0.3, -0.25) is 23.8 Å². The first kappa shape index (κ1) is 25.5. The van der Waals surface area contributed by atoms with Crippen LogP contribution >= 0.6 is 0 Å². The van der Waals surface area contributed by atoms with E-state index in [9.17, 15) is 22.8 Å². The van der Waals surface area contributed by atoms with Gasteiger partial charge in [0, 0.05) is 58.1 Å². The lowest BCUT2D eigenvalue weighted by molar-refractivity contribution is -0.143. The third-order valence-electron chi connectivity index (χ3n) is 8.49. The molecule has 2 aliphatic heterocycles. The van der Waals surface area contributed by atoms with E-state index >= 15 is 0 Å². The fourth-order valence-corrected chi connectivity index (χ4v) is 5.93. The van der Waals surface area contributed by atoms with Gasteiger partial charge in [0.15, 0.2) is 0 Å². The van der Waals surface area contributed by atoms with E-state index in [1.54, 1.807) is 28.1 Å². The standard InChI is InChI=1S/C27H32F3N5O2/c1-5-26(24(36)34-10-8-21-19(15-34)12-20(14-31-21)27(28,29)30)9-11-35(16-26)17(2)18-6-7-22-23(13-18)33(4)25(37)32(22)3/h6-7,12-14,17H,5,8-11,15-16H2,1-4H3. The third kappa shape index (κ3) is 4.24. The van der Waals surface area contributed by atoms with Crippen LogP contribution < -0.4 is 5.69 Å². The van der Waals surface area contributed by atoms with Crippen molar-refractivity contribution in [1.82, 2.24) is 23.9 Å². The van der Waals surface area contributed by atoms with Gasteiger partial charge in [-0.05, 0) is 55.6 Å². The summed E-state index contributed by atoms with van der Waals surface area (Å²) in [5.41, 5.74) is 2.50. The van der Waals surface area contributed by atoms with Gasteiger partial charge in [-0.15, -0.1) is 0 Å². The Labute approximate surface area is 213 Å². The fraction of sp³-hybridized carbons (Fsp3) is 0.519. The first-order valence-corrected chi connectivity index (χ1v) is 12.7. The van der Waals surface area contributed by atoms with Crippen molar-refractivity contribution in [1.29, 1.82) is 0 Å². The van der Waals surface area contributed by atoms with Crippen LogP contribution in [-0.4, -0.2) is 49.5 Å². The number of rotatable bonds is 4. The van der Waals surface area contributed by atoms with E-state index in [1.165, 1.54) is 0 Å². The zero-order valence-corrected chi connectivity index (χ0v) is 21.6. The number of amides is 1. The zero-order valence-electron chi connectivity index (χ0n) is 21.6. The van der Waals surface area contributed by atoms with Crippen LogP contribution in [0.5, 0.6) is 0 Å². The number of imidazole rings is 1. The number of nitrogens with zero attached hydrogens (tertiary/aromatic N) is 5. The first-order chi connectivity index (χ1) is 17.4. The number of fused-ring (bicyclic) bond motifs is 2. The number of hydrogen-bond acceptors (Lipinski definition) is 4. The molecule has 4 heterocycles. The highest BCUT2D eigenvalue weighted by atomic mass is 19.4. The largest absolute Gasteiger partial charge is 0.417 e. The molecule has 0 aliphatic carbocycles. The molecular weight excluding hydrogens is 483 g/mol. The molecule has 7 nitrogen and oxygen atoms in total.